The molecule has 0 atom stereocenters. The maximum absolute atomic E-state index is 13.2. The predicted molar refractivity (Wildman–Crippen MR) is 133 cm³/mol. The van der Waals surface area contributed by atoms with Crippen molar-refractivity contribution in [3.63, 3.8) is 0 Å². The number of allylic oxidation sites excluding steroid dienone is 1. The van der Waals surface area contributed by atoms with Gasteiger partial charge in [-0.05, 0) is 38.0 Å². The van der Waals surface area contributed by atoms with Gasteiger partial charge >= 0.3 is 5.97 Å². The number of hydrogen-bond donors (Lipinski definition) is 1. The number of aryl methyl sites for hydroxylation is 1. The van der Waals surface area contributed by atoms with E-state index in [0.717, 1.165) is 16.7 Å². The Balaban J connectivity index is 1.65. The van der Waals surface area contributed by atoms with Gasteiger partial charge in [0.25, 0.3) is 5.56 Å². The second kappa shape index (κ2) is 9.84. The second-order valence-corrected chi connectivity index (χ2v) is 8.86. The van der Waals surface area contributed by atoms with Crippen LogP contribution in [0.3, 0.4) is 0 Å². The van der Waals surface area contributed by atoms with Gasteiger partial charge in [0.1, 0.15) is 22.8 Å². The van der Waals surface area contributed by atoms with Gasteiger partial charge in [-0.3, -0.25) is 14.0 Å². The fourth-order valence-corrected chi connectivity index (χ4v) is 4.45. The number of thiophene rings is 1. The van der Waals surface area contributed by atoms with E-state index in [2.05, 4.69) is 10.3 Å². The van der Waals surface area contributed by atoms with Crippen molar-refractivity contribution >= 4 is 33.9 Å². The fraction of sp³-hybridized carbons (Fsp3) is 0.154. The Morgan fingerprint density at radius 2 is 1.91 bits per heavy atom. The van der Waals surface area contributed by atoms with E-state index in [4.69, 9.17) is 4.74 Å². The third-order valence-corrected chi connectivity index (χ3v) is 5.92. The first kappa shape index (κ1) is 23.1. The predicted octanol–water partition coefficient (Wildman–Crippen LogP) is 4.99. The molecule has 1 amide bonds. The largest absolute Gasteiger partial charge is 0.455 e. The van der Waals surface area contributed by atoms with Crippen LogP contribution in [0.15, 0.2) is 76.6 Å². The van der Waals surface area contributed by atoms with Gasteiger partial charge in [0.05, 0.1) is 5.69 Å². The number of carbonyl (C=O) groups is 2. The van der Waals surface area contributed by atoms with Crippen molar-refractivity contribution in [1.82, 2.24) is 9.38 Å². The molecule has 1 N–H and O–H groups in total. The van der Waals surface area contributed by atoms with Crippen LogP contribution in [0, 0.1) is 6.92 Å². The first-order valence-electron chi connectivity index (χ1n) is 10.6. The molecule has 1 aromatic carbocycles. The van der Waals surface area contributed by atoms with Crippen molar-refractivity contribution in [3.8, 4) is 11.1 Å². The Bertz CT molecular complexity index is 1460. The van der Waals surface area contributed by atoms with E-state index in [1.165, 1.54) is 27.9 Å². The lowest BCUT2D eigenvalue weighted by Gasteiger charge is -2.10. The average molecular weight is 474 g/mol. The highest BCUT2D eigenvalue weighted by Crippen LogP contribution is 2.36. The van der Waals surface area contributed by atoms with E-state index in [-0.39, 0.29) is 23.6 Å². The summed E-state index contributed by atoms with van der Waals surface area (Å²) < 4.78 is 7.02. The minimum Gasteiger partial charge on any atom is -0.455 e. The molecule has 0 fully saturated rings. The quantitative estimate of drug-likeness (QED) is 0.315. The summed E-state index contributed by atoms with van der Waals surface area (Å²) >= 11 is 1.25. The highest BCUT2D eigenvalue weighted by molar-refractivity contribution is 7.15. The number of benzene rings is 1. The molecule has 0 unspecified atom stereocenters. The van der Waals surface area contributed by atoms with E-state index in [9.17, 15) is 14.4 Å². The number of nitrogens with one attached hydrogen (secondary N) is 1. The van der Waals surface area contributed by atoms with E-state index < -0.39 is 5.97 Å². The summed E-state index contributed by atoms with van der Waals surface area (Å²) in [6.45, 7) is 5.32. The maximum Gasteiger partial charge on any atom is 0.342 e. The minimum atomic E-state index is -0.612. The molecule has 0 radical (unpaired) electrons. The summed E-state index contributed by atoms with van der Waals surface area (Å²) in [6.07, 6.45) is 3.11. The van der Waals surface area contributed by atoms with Crippen molar-refractivity contribution < 1.29 is 14.3 Å². The van der Waals surface area contributed by atoms with Crippen molar-refractivity contribution in [2.24, 2.45) is 0 Å². The number of carbonyl (C=O) groups excluding carboxylic acids is 2. The van der Waals surface area contributed by atoms with Gasteiger partial charge in [0.2, 0.25) is 5.91 Å². The summed E-state index contributed by atoms with van der Waals surface area (Å²) in [6, 6.07) is 14.4. The smallest absolute Gasteiger partial charge is 0.342 e. The molecule has 0 saturated heterocycles. The molecule has 0 bridgehead atoms. The monoisotopic (exact) mass is 473 g/mol. The van der Waals surface area contributed by atoms with Crippen LogP contribution >= 0.6 is 11.3 Å². The van der Waals surface area contributed by atoms with Crippen LogP contribution in [0.25, 0.3) is 16.8 Å². The van der Waals surface area contributed by atoms with Crippen molar-refractivity contribution in [2.45, 2.75) is 27.4 Å². The number of hydrogen-bond acceptors (Lipinski definition) is 6. The minimum absolute atomic E-state index is 0.176. The number of nitrogens with zero attached hydrogens (tertiary/aromatic N) is 2. The SMILES string of the molecule is CC(C)=CC(=O)Nc1scc(-c2ccccc2)c1C(=O)OCc1cc(=O)n2cccc(C)c2n1. The molecule has 3 aromatic heterocycles. The number of ether oxygens (including phenoxy) is 1. The highest BCUT2D eigenvalue weighted by atomic mass is 32.1. The molecule has 0 aliphatic rings. The highest BCUT2D eigenvalue weighted by Gasteiger charge is 2.23. The molecule has 3 heterocycles. The number of pyridine rings is 1. The maximum atomic E-state index is 13.2. The molecule has 172 valence electrons. The summed E-state index contributed by atoms with van der Waals surface area (Å²) in [5.41, 5.74) is 4.02. The first-order chi connectivity index (χ1) is 16.3. The molecule has 4 aromatic rings. The summed E-state index contributed by atoms with van der Waals surface area (Å²) in [7, 11) is 0. The average Bonchev–Trinajstić information content (AvgIpc) is 3.21. The molecule has 4 rings (SSSR count). The number of fused-ring (bicyclic) bond motifs is 1. The lowest BCUT2D eigenvalue weighted by Crippen LogP contribution is -2.17. The number of amides is 1. The molecule has 34 heavy (non-hydrogen) atoms. The van der Waals surface area contributed by atoms with Crippen LogP contribution in [-0.4, -0.2) is 21.3 Å². The lowest BCUT2D eigenvalue weighted by atomic mass is 10.0. The Hall–Kier alpha value is -4.04. The van der Waals surface area contributed by atoms with E-state index in [1.807, 2.05) is 62.5 Å². The zero-order valence-corrected chi connectivity index (χ0v) is 19.8. The van der Waals surface area contributed by atoms with Crippen LogP contribution in [0.4, 0.5) is 5.00 Å². The van der Waals surface area contributed by atoms with E-state index >= 15 is 0 Å². The van der Waals surface area contributed by atoms with Gasteiger partial charge in [0, 0.05) is 29.3 Å². The molecular weight excluding hydrogens is 450 g/mol. The zero-order chi connectivity index (χ0) is 24.2. The second-order valence-electron chi connectivity index (χ2n) is 7.98. The normalized spacial score (nSPS) is 10.7. The van der Waals surface area contributed by atoms with Gasteiger partial charge in [-0.2, -0.15) is 0 Å². The van der Waals surface area contributed by atoms with Gasteiger partial charge in [0.15, 0.2) is 0 Å². The van der Waals surface area contributed by atoms with Gasteiger partial charge in [-0.1, -0.05) is 42.0 Å². The van der Waals surface area contributed by atoms with Gasteiger partial charge in [-0.15, -0.1) is 11.3 Å². The number of aromatic nitrogens is 2. The Morgan fingerprint density at radius 3 is 2.65 bits per heavy atom. The Morgan fingerprint density at radius 1 is 1.15 bits per heavy atom. The van der Waals surface area contributed by atoms with Gasteiger partial charge < -0.3 is 10.1 Å². The lowest BCUT2D eigenvalue weighted by molar-refractivity contribution is -0.111. The number of rotatable bonds is 6. The van der Waals surface area contributed by atoms with Crippen LogP contribution in [-0.2, 0) is 16.1 Å². The van der Waals surface area contributed by atoms with Crippen LogP contribution < -0.4 is 10.9 Å². The van der Waals surface area contributed by atoms with Crippen molar-refractivity contribution in [2.75, 3.05) is 5.32 Å². The molecule has 7 nitrogen and oxygen atoms in total. The third kappa shape index (κ3) is 4.97. The molecule has 0 saturated carbocycles. The number of anilines is 1. The third-order valence-electron chi connectivity index (χ3n) is 5.03. The molecule has 0 spiro atoms. The Kier molecular flexibility index (Phi) is 6.70. The van der Waals surface area contributed by atoms with Crippen molar-refractivity contribution in [1.29, 1.82) is 0 Å². The zero-order valence-electron chi connectivity index (χ0n) is 19.0. The van der Waals surface area contributed by atoms with Gasteiger partial charge in [-0.25, -0.2) is 9.78 Å². The molecular formula is C26H23N3O4S. The summed E-state index contributed by atoms with van der Waals surface area (Å²) in [5, 5.41) is 5.00. The first-order valence-corrected chi connectivity index (χ1v) is 11.5. The van der Waals surface area contributed by atoms with E-state index in [0.29, 0.717) is 21.9 Å². The van der Waals surface area contributed by atoms with Crippen LogP contribution in [0.1, 0.15) is 35.5 Å². The van der Waals surface area contributed by atoms with Crippen LogP contribution in [0.5, 0.6) is 0 Å². The summed E-state index contributed by atoms with van der Waals surface area (Å²) in [5.74, 6) is -0.936. The molecule has 8 heteroatoms. The van der Waals surface area contributed by atoms with Crippen LogP contribution in [0.2, 0.25) is 0 Å². The van der Waals surface area contributed by atoms with E-state index in [1.54, 1.807) is 12.3 Å². The summed E-state index contributed by atoms with van der Waals surface area (Å²) in [4.78, 5) is 42.5. The fourth-order valence-electron chi connectivity index (χ4n) is 3.49. The molecule has 0 aliphatic carbocycles. The topological polar surface area (TPSA) is 89.8 Å². The standard InChI is InChI=1S/C26H23N3O4S/c1-16(2)12-21(30)28-25-23(20(15-34-25)18-9-5-4-6-10-18)26(32)33-14-19-13-22(31)29-11-7-8-17(3)24(29)27-19/h4-13,15H,14H2,1-3H3,(H,28,30). The Labute approximate surface area is 200 Å². The number of esters is 1. The molecule has 0 aliphatic heterocycles. The van der Waals surface area contributed by atoms with Crippen molar-refractivity contribution in [3.05, 3.63) is 98.9 Å².